The third-order valence-corrected chi connectivity index (χ3v) is 6.76. The predicted molar refractivity (Wildman–Crippen MR) is 104 cm³/mol. The van der Waals surface area contributed by atoms with Crippen molar-refractivity contribution in [3.8, 4) is 0 Å². The second kappa shape index (κ2) is 8.84. The van der Waals surface area contributed by atoms with Gasteiger partial charge in [0.15, 0.2) is 15.8 Å². The lowest BCUT2D eigenvalue weighted by Crippen LogP contribution is -2.57. The van der Waals surface area contributed by atoms with Crippen LogP contribution in [-0.4, -0.2) is 69.2 Å². The molecule has 0 spiro atoms. The topological polar surface area (TPSA) is 71.0 Å². The number of hydrogen-bond acceptors (Lipinski definition) is 4. The van der Waals surface area contributed by atoms with Gasteiger partial charge in [-0.05, 0) is 39.5 Å². The van der Waals surface area contributed by atoms with E-state index < -0.39 is 14.6 Å². The largest absolute Gasteiger partial charge is 0.379 e. The van der Waals surface area contributed by atoms with Crippen molar-refractivity contribution >= 4 is 39.8 Å². The number of sulfone groups is 1. The minimum atomic E-state index is -3.02. The van der Waals surface area contributed by atoms with Crippen LogP contribution < -0.4 is 5.32 Å². The summed E-state index contributed by atoms with van der Waals surface area (Å²) in [5.74, 6) is 1.74. The molecule has 8 heteroatoms. The van der Waals surface area contributed by atoms with Crippen LogP contribution in [0.25, 0.3) is 0 Å². The van der Waals surface area contributed by atoms with Crippen molar-refractivity contribution in [2.45, 2.75) is 38.4 Å². The van der Waals surface area contributed by atoms with Crippen molar-refractivity contribution in [3.63, 3.8) is 0 Å². The number of rotatable bonds is 6. The molecule has 0 amide bonds. The summed E-state index contributed by atoms with van der Waals surface area (Å²) < 4.78 is 29.0. The molecule has 1 saturated heterocycles. The van der Waals surface area contributed by atoms with Crippen LogP contribution in [0, 0.1) is 5.92 Å². The molecule has 0 aromatic carbocycles. The van der Waals surface area contributed by atoms with Gasteiger partial charge in [-0.15, -0.1) is 24.0 Å². The van der Waals surface area contributed by atoms with Gasteiger partial charge < -0.3 is 15.0 Å². The van der Waals surface area contributed by atoms with E-state index in [1.54, 1.807) is 13.8 Å². The molecule has 0 unspecified atom stereocenters. The number of aliphatic imine (C=N–C) groups is 1. The number of halogens is 1. The second-order valence-electron chi connectivity index (χ2n) is 6.75. The fourth-order valence-corrected chi connectivity index (χ4v) is 3.87. The highest BCUT2D eigenvalue weighted by molar-refractivity contribution is 14.0. The van der Waals surface area contributed by atoms with E-state index in [0.29, 0.717) is 26.2 Å². The summed E-state index contributed by atoms with van der Waals surface area (Å²) in [6.45, 7) is 9.43. The molecule has 2 aliphatic rings. The first-order valence-corrected chi connectivity index (χ1v) is 9.84. The van der Waals surface area contributed by atoms with E-state index >= 15 is 0 Å². The first kappa shape index (κ1) is 21.0. The zero-order chi connectivity index (χ0) is 16.2. The molecule has 1 heterocycles. The number of ether oxygens (including phenoxy) is 1. The van der Waals surface area contributed by atoms with E-state index in [4.69, 9.17) is 4.74 Å². The van der Waals surface area contributed by atoms with Gasteiger partial charge in [-0.25, -0.2) is 8.42 Å². The summed E-state index contributed by atoms with van der Waals surface area (Å²) >= 11 is 0. The number of guanidine groups is 1. The average Bonchev–Trinajstić information content (AvgIpc) is 3.24. The Bertz CT molecular complexity index is 504. The smallest absolute Gasteiger partial charge is 0.194 e. The van der Waals surface area contributed by atoms with Gasteiger partial charge in [0.05, 0.1) is 23.7 Å². The Morgan fingerprint density at radius 2 is 2.09 bits per heavy atom. The van der Waals surface area contributed by atoms with Crippen LogP contribution in [0.15, 0.2) is 4.99 Å². The number of hydrogen-bond donors (Lipinski definition) is 1. The zero-order valence-electron chi connectivity index (χ0n) is 14.4. The lowest BCUT2D eigenvalue weighted by atomic mass is 10.2. The van der Waals surface area contributed by atoms with Gasteiger partial charge in [0.25, 0.3) is 0 Å². The van der Waals surface area contributed by atoms with Gasteiger partial charge in [0, 0.05) is 26.2 Å². The molecule has 1 aliphatic heterocycles. The van der Waals surface area contributed by atoms with Crippen molar-refractivity contribution in [1.82, 2.24) is 10.2 Å². The molecule has 0 radical (unpaired) electrons. The Balaban J connectivity index is 0.00000264. The SMILES string of the molecule is CCNC(=NCCOCC1CC1)N1CCS(=O)(=O)C(C)(C)C1.I. The van der Waals surface area contributed by atoms with Crippen LogP contribution in [-0.2, 0) is 14.6 Å². The molecular weight excluding hydrogens is 429 g/mol. The summed E-state index contributed by atoms with van der Waals surface area (Å²) in [4.78, 5) is 6.63. The van der Waals surface area contributed by atoms with Crippen LogP contribution in [0.2, 0.25) is 0 Å². The van der Waals surface area contributed by atoms with Crippen molar-refractivity contribution in [1.29, 1.82) is 0 Å². The molecule has 2 fully saturated rings. The minimum Gasteiger partial charge on any atom is -0.379 e. The van der Waals surface area contributed by atoms with Crippen molar-refractivity contribution < 1.29 is 13.2 Å². The molecule has 1 saturated carbocycles. The van der Waals surface area contributed by atoms with E-state index in [0.717, 1.165) is 25.0 Å². The van der Waals surface area contributed by atoms with Crippen LogP contribution >= 0.6 is 24.0 Å². The first-order chi connectivity index (χ1) is 10.4. The average molecular weight is 459 g/mol. The Hall–Kier alpha value is -0.0900. The van der Waals surface area contributed by atoms with Gasteiger partial charge in [-0.1, -0.05) is 0 Å². The quantitative estimate of drug-likeness (QED) is 0.282. The molecule has 0 bridgehead atoms. The van der Waals surface area contributed by atoms with Gasteiger partial charge >= 0.3 is 0 Å². The molecule has 23 heavy (non-hydrogen) atoms. The lowest BCUT2D eigenvalue weighted by Gasteiger charge is -2.39. The highest BCUT2D eigenvalue weighted by atomic mass is 127. The minimum absolute atomic E-state index is 0. The zero-order valence-corrected chi connectivity index (χ0v) is 17.5. The van der Waals surface area contributed by atoms with Crippen LogP contribution in [0.5, 0.6) is 0 Å². The summed E-state index contributed by atoms with van der Waals surface area (Å²) in [7, 11) is -3.02. The molecule has 1 N–H and O–H groups in total. The van der Waals surface area contributed by atoms with Gasteiger partial charge in [0.1, 0.15) is 0 Å². The van der Waals surface area contributed by atoms with Gasteiger partial charge in [-0.3, -0.25) is 4.99 Å². The highest BCUT2D eigenvalue weighted by Crippen LogP contribution is 2.28. The van der Waals surface area contributed by atoms with E-state index in [9.17, 15) is 8.42 Å². The highest BCUT2D eigenvalue weighted by Gasteiger charge is 2.40. The van der Waals surface area contributed by atoms with Crippen LogP contribution in [0.4, 0.5) is 0 Å². The summed E-state index contributed by atoms with van der Waals surface area (Å²) in [5, 5.41) is 3.26. The van der Waals surface area contributed by atoms with Crippen molar-refractivity contribution in [2.75, 3.05) is 45.1 Å². The second-order valence-corrected chi connectivity index (χ2v) is 9.50. The Kier molecular flexibility index (Phi) is 8.06. The molecule has 2 rings (SSSR count). The molecule has 6 nitrogen and oxygen atoms in total. The molecular formula is C15H30IN3O3S. The fourth-order valence-electron chi connectivity index (χ4n) is 2.50. The van der Waals surface area contributed by atoms with Crippen molar-refractivity contribution in [3.05, 3.63) is 0 Å². The fraction of sp³-hybridized carbons (Fsp3) is 0.933. The van der Waals surface area contributed by atoms with E-state index in [2.05, 4.69) is 10.3 Å². The molecule has 1 aliphatic carbocycles. The maximum absolute atomic E-state index is 12.1. The Morgan fingerprint density at radius 1 is 1.39 bits per heavy atom. The Labute approximate surface area is 157 Å². The molecule has 0 atom stereocenters. The van der Waals surface area contributed by atoms with Gasteiger partial charge in [-0.2, -0.15) is 0 Å². The summed E-state index contributed by atoms with van der Waals surface area (Å²) in [6, 6.07) is 0. The van der Waals surface area contributed by atoms with Gasteiger partial charge in [0.2, 0.25) is 0 Å². The number of nitrogens with one attached hydrogen (secondary N) is 1. The Morgan fingerprint density at radius 3 is 2.65 bits per heavy atom. The van der Waals surface area contributed by atoms with E-state index in [1.165, 1.54) is 12.8 Å². The molecule has 136 valence electrons. The van der Waals surface area contributed by atoms with E-state index in [-0.39, 0.29) is 29.7 Å². The monoisotopic (exact) mass is 459 g/mol. The predicted octanol–water partition coefficient (Wildman–Crippen LogP) is 1.51. The maximum Gasteiger partial charge on any atom is 0.194 e. The maximum atomic E-state index is 12.1. The number of nitrogens with zero attached hydrogens (tertiary/aromatic N) is 2. The van der Waals surface area contributed by atoms with Crippen molar-refractivity contribution in [2.24, 2.45) is 10.9 Å². The van der Waals surface area contributed by atoms with Crippen LogP contribution in [0.3, 0.4) is 0 Å². The summed E-state index contributed by atoms with van der Waals surface area (Å²) in [5.41, 5.74) is 0. The lowest BCUT2D eigenvalue weighted by molar-refractivity contribution is 0.131. The molecule has 0 aromatic rings. The van der Waals surface area contributed by atoms with Crippen LogP contribution in [0.1, 0.15) is 33.6 Å². The standard InChI is InChI=1S/C15H29N3O3S.HI/c1-4-16-14(17-7-9-21-11-13-5-6-13)18-8-10-22(19,20)15(2,3)12-18;/h13H,4-12H2,1-3H3,(H,16,17);1H. The third-order valence-electron chi connectivity index (χ3n) is 4.23. The first-order valence-electron chi connectivity index (χ1n) is 8.19. The summed E-state index contributed by atoms with van der Waals surface area (Å²) in [6.07, 6.45) is 2.59. The third kappa shape index (κ3) is 6.04. The molecule has 0 aromatic heterocycles. The van der Waals surface area contributed by atoms with E-state index in [1.807, 2.05) is 11.8 Å². The normalized spacial score (nSPS) is 23.3.